The molecule has 8 nitrogen and oxygen atoms in total. The summed E-state index contributed by atoms with van der Waals surface area (Å²) in [5.41, 5.74) is 1.21. The average Bonchev–Trinajstić information content (AvgIpc) is 3.01. The Labute approximate surface area is 193 Å². The maximum Gasteiger partial charge on any atom is 0.197 e. The second kappa shape index (κ2) is 9.75. The molecule has 0 bridgehead atoms. The van der Waals surface area contributed by atoms with Gasteiger partial charge in [-0.1, -0.05) is 23.2 Å². The number of amidine groups is 2. The third kappa shape index (κ3) is 5.32. The van der Waals surface area contributed by atoms with Crippen molar-refractivity contribution < 1.29 is 9.84 Å². The molecule has 2 heterocycles. The van der Waals surface area contributed by atoms with Gasteiger partial charge in [0.2, 0.25) is 0 Å². The number of hydrogen-bond donors (Lipinski definition) is 3. The molecule has 3 rings (SSSR count). The highest BCUT2D eigenvalue weighted by molar-refractivity contribution is 6.38. The number of rotatable bonds is 9. The Balaban J connectivity index is 1.78. The number of benzene rings is 1. The predicted molar refractivity (Wildman–Crippen MR) is 127 cm³/mol. The number of hydrazine groups is 1. The van der Waals surface area contributed by atoms with Gasteiger partial charge in [0.05, 0.1) is 29.0 Å². The third-order valence-electron chi connectivity index (χ3n) is 5.02. The predicted octanol–water partition coefficient (Wildman–Crippen LogP) is 2.96. The lowest BCUT2D eigenvalue weighted by atomic mass is 10.1. The summed E-state index contributed by atoms with van der Waals surface area (Å²) < 4.78 is 5.54. The van der Waals surface area contributed by atoms with E-state index < -0.39 is 0 Å². The summed E-state index contributed by atoms with van der Waals surface area (Å²) in [6.07, 6.45) is 1.62. The zero-order valence-corrected chi connectivity index (χ0v) is 20.0. The Morgan fingerprint density at radius 1 is 1.23 bits per heavy atom. The van der Waals surface area contributed by atoms with Crippen molar-refractivity contribution in [2.75, 3.05) is 33.4 Å². The first-order chi connectivity index (χ1) is 14.7. The van der Waals surface area contributed by atoms with Crippen LogP contribution in [0.3, 0.4) is 0 Å². The van der Waals surface area contributed by atoms with Gasteiger partial charge in [-0.25, -0.2) is 15.0 Å². The average molecular weight is 469 g/mol. The van der Waals surface area contributed by atoms with Crippen molar-refractivity contribution in [3.8, 4) is 5.75 Å². The minimum Gasteiger partial charge on any atom is -0.494 e. The van der Waals surface area contributed by atoms with Crippen LogP contribution in [-0.4, -0.2) is 72.0 Å². The number of aliphatic imine (C=N–C) groups is 2. The van der Waals surface area contributed by atoms with Crippen LogP contribution in [0.15, 0.2) is 28.2 Å². The van der Waals surface area contributed by atoms with E-state index in [2.05, 4.69) is 20.6 Å². The highest BCUT2D eigenvalue weighted by Crippen LogP contribution is 2.39. The summed E-state index contributed by atoms with van der Waals surface area (Å²) in [6.45, 7) is 9.63. The van der Waals surface area contributed by atoms with E-state index in [1.54, 1.807) is 12.1 Å². The fourth-order valence-electron chi connectivity index (χ4n) is 3.42. The largest absolute Gasteiger partial charge is 0.494 e. The monoisotopic (exact) mass is 468 g/mol. The molecular formula is C21H30Cl2N6O2. The summed E-state index contributed by atoms with van der Waals surface area (Å²) in [5.74, 6) is 2.07. The molecule has 0 radical (unpaired) electrons. The van der Waals surface area contributed by atoms with Crippen molar-refractivity contribution in [1.29, 1.82) is 0 Å². The summed E-state index contributed by atoms with van der Waals surface area (Å²) in [5, 5.41) is 21.1. The van der Waals surface area contributed by atoms with E-state index in [0.717, 1.165) is 11.5 Å². The third-order valence-corrected chi connectivity index (χ3v) is 5.62. The van der Waals surface area contributed by atoms with Crippen LogP contribution in [0, 0.1) is 0 Å². The van der Waals surface area contributed by atoms with E-state index >= 15 is 0 Å². The topological polar surface area (TPSA) is 84.7 Å². The molecule has 0 aromatic heterocycles. The number of halogens is 2. The first-order valence-corrected chi connectivity index (χ1v) is 11.0. The first-order valence-electron chi connectivity index (χ1n) is 10.3. The lowest BCUT2D eigenvalue weighted by Gasteiger charge is -2.37. The molecule has 1 aromatic carbocycles. The summed E-state index contributed by atoms with van der Waals surface area (Å²) in [4.78, 5) is 9.23. The molecule has 0 spiro atoms. The second-order valence-electron chi connectivity index (χ2n) is 8.04. The number of nitrogens with one attached hydrogen (secondary N) is 2. The molecule has 1 atom stereocenters. The Bertz CT molecular complexity index is 892. The van der Waals surface area contributed by atoms with Crippen LogP contribution in [0.5, 0.6) is 5.75 Å². The van der Waals surface area contributed by atoms with Crippen molar-refractivity contribution >= 4 is 40.6 Å². The Kier molecular flexibility index (Phi) is 7.49. The van der Waals surface area contributed by atoms with E-state index in [4.69, 9.17) is 27.9 Å². The van der Waals surface area contributed by atoms with E-state index in [0.29, 0.717) is 46.9 Å². The van der Waals surface area contributed by atoms with Crippen LogP contribution in [0.4, 0.5) is 0 Å². The van der Waals surface area contributed by atoms with Gasteiger partial charge < -0.3 is 15.2 Å². The van der Waals surface area contributed by atoms with Crippen molar-refractivity contribution in [2.24, 2.45) is 9.98 Å². The fourth-order valence-corrected chi connectivity index (χ4v) is 4.08. The van der Waals surface area contributed by atoms with Gasteiger partial charge in [-0.3, -0.25) is 10.3 Å². The van der Waals surface area contributed by atoms with E-state index in [1.807, 2.05) is 50.8 Å². The normalized spacial score (nSPS) is 18.6. The molecule has 3 N–H and O–H groups in total. The minimum atomic E-state index is -0.333. The van der Waals surface area contributed by atoms with E-state index in [9.17, 15) is 5.11 Å². The number of aliphatic hydroxyl groups is 1. The number of ether oxygens (including phenoxy) is 1. The highest BCUT2D eigenvalue weighted by atomic mass is 35.5. The van der Waals surface area contributed by atoms with Crippen molar-refractivity contribution in [3.05, 3.63) is 33.8 Å². The van der Waals surface area contributed by atoms with Crippen molar-refractivity contribution in [2.45, 2.75) is 39.5 Å². The molecule has 31 heavy (non-hydrogen) atoms. The highest BCUT2D eigenvalue weighted by Gasteiger charge is 2.36. The number of fused-ring (bicyclic) bond motifs is 1. The van der Waals surface area contributed by atoms with Crippen LogP contribution < -0.4 is 15.4 Å². The van der Waals surface area contributed by atoms with E-state index in [1.165, 1.54) is 0 Å². The number of hydrogen-bond acceptors (Lipinski definition) is 8. The van der Waals surface area contributed by atoms with Crippen LogP contribution in [0.25, 0.3) is 5.70 Å². The summed E-state index contributed by atoms with van der Waals surface area (Å²) in [6, 6.07) is 3.54. The summed E-state index contributed by atoms with van der Waals surface area (Å²) >= 11 is 13.1. The number of aliphatic hydroxyl groups excluding tert-OH is 1. The number of nitrogens with zero attached hydrogens (tertiary/aromatic N) is 4. The van der Waals surface area contributed by atoms with Gasteiger partial charge in [0.15, 0.2) is 12.1 Å². The van der Waals surface area contributed by atoms with Gasteiger partial charge in [0, 0.05) is 37.3 Å². The molecule has 1 aromatic rings. The molecule has 0 saturated heterocycles. The van der Waals surface area contributed by atoms with Gasteiger partial charge in [-0.05, 0) is 39.8 Å². The SMILES string of the molecule is CCOc1cc(Cl)c(C2=CC3=NC(C)=NC(NCCNC(C)(C)CO)N3N2C)c(Cl)c1. The standard InChI is InChI=1S/C21H30Cl2N6O2/c1-6-31-14-9-15(22)19(16(23)10-14)17-11-18-26-13(2)27-20(29(18)28(17)5)24-7-8-25-21(3,4)12-30/h9-11,20,24-25,30H,6-8,12H2,1-5H3. The summed E-state index contributed by atoms with van der Waals surface area (Å²) in [7, 11) is 1.93. The molecule has 0 saturated carbocycles. The quantitative estimate of drug-likeness (QED) is 0.483. The fraction of sp³-hybridized carbons (Fsp3) is 0.524. The van der Waals surface area contributed by atoms with Gasteiger partial charge in [-0.15, -0.1) is 0 Å². The minimum absolute atomic E-state index is 0.0657. The molecule has 10 heteroatoms. The molecule has 2 aliphatic heterocycles. The Morgan fingerprint density at radius 3 is 2.52 bits per heavy atom. The molecule has 170 valence electrons. The lowest BCUT2D eigenvalue weighted by molar-refractivity contribution is 0.0888. The first kappa shape index (κ1) is 23.8. The maximum atomic E-state index is 9.39. The zero-order chi connectivity index (χ0) is 22.8. The Hall–Kier alpha value is -1.84. The van der Waals surface area contributed by atoms with Crippen LogP contribution >= 0.6 is 23.2 Å². The van der Waals surface area contributed by atoms with Gasteiger partial charge in [0.1, 0.15) is 11.6 Å². The molecule has 0 aliphatic carbocycles. The molecule has 0 amide bonds. The van der Waals surface area contributed by atoms with Gasteiger partial charge in [-0.2, -0.15) is 0 Å². The van der Waals surface area contributed by atoms with Gasteiger partial charge >= 0.3 is 0 Å². The molecule has 2 aliphatic rings. The molecular weight excluding hydrogens is 439 g/mol. The van der Waals surface area contributed by atoms with Crippen LogP contribution in [-0.2, 0) is 0 Å². The lowest BCUT2D eigenvalue weighted by Crippen LogP contribution is -2.55. The molecule has 1 unspecified atom stereocenters. The van der Waals surface area contributed by atoms with Crippen LogP contribution in [0.2, 0.25) is 10.0 Å². The van der Waals surface area contributed by atoms with Crippen LogP contribution in [0.1, 0.15) is 33.3 Å². The second-order valence-corrected chi connectivity index (χ2v) is 8.85. The molecule has 0 fully saturated rings. The maximum absolute atomic E-state index is 9.39. The van der Waals surface area contributed by atoms with E-state index in [-0.39, 0.29) is 18.4 Å². The zero-order valence-electron chi connectivity index (χ0n) is 18.5. The van der Waals surface area contributed by atoms with Gasteiger partial charge in [0.25, 0.3) is 0 Å². The van der Waals surface area contributed by atoms with Crippen molar-refractivity contribution in [3.63, 3.8) is 0 Å². The Morgan fingerprint density at radius 2 is 1.90 bits per heavy atom. The smallest absolute Gasteiger partial charge is 0.197 e. The van der Waals surface area contributed by atoms with Crippen molar-refractivity contribution in [1.82, 2.24) is 20.7 Å².